The number of H-pyrrole nitrogens is 1. The minimum atomic E-state index is -0.225. The molecule has 0 bridgehead atoms. The summed E-state index contributed by atoms with van der Waals surface area (Å²) in [5.41, 5.74) is 3.31. The Morgan fingerprint density at radius 3 is 2.68 bits per heavy atom. The summed E-state index contributed by atoms with van der Waals surface area (Å²) in [6.07, 6.45) is 1.46. The van der Waals surface area contributed by atoms with Gasteiger partial charge in [0.1, 0.15) is 12.3 Å². The molecule has 0 spiro atoms. The third-order valence-corrected chi connectivity index (χ3v) is 5.56. The third kappa shape index (κ3) is 4.36. The Labute approximate surface area is 184 Å². The summed E-state index contributed by atoms with van der Waals surface area (Å²) in [6.45, 7) is 2.69. The van der Waals surface area contributed by atoms with Crippen molar-refractivity contribution in [3.8, 4) is 17.1 Å². The Hall–Kier alpha value is -3.46. The SMILES string of the molecule is COc1ccc(-c2n[nH]c(=S)n2CC(=O)Nc2ccc(N3CCCC3=O)c(C)c2)cc1. The number of hydrogen-bond donors (Lipinski definition) is 2. The number of aromatic nitrogens is 3. The summed E-state index contributed by atoms with van der Waals surface area (Å²) in [6, 6.07) is 12.9. The van der Waals surface area contributed by atoms with E-state index < -0.39 is 0 Å². The summed E-state index contributed by atoms with van der Waals surface area (Å²) in [5.74, 6) is 1.22. The van der Waals surface area contributed by atoms with Crippen molar-refractivity contribution in [1.29, 1.82) is 0 Å². The van der Waals surface area contributed by atoms with Crippen molar-refractivity contribution in [2.24, 2.45) is 0 Å². The fourth-order valence-electron chi connectivity index (χ4n) is 3.71. The van der Waals surface area contributed by atoms with E-state index in [0.29, 0.717) is 22.7 Å². The highest BCUT2D eigenvalue weighted by molar-refractivity contribution is 7.71. The minimum absolute atomic E-state index is 0.0160. The minimum Gasteiger partial charge on any atom is -0.497 e. The second-order valence-electron chi connectivity index (χ2n) is 7.37. The molecule has 2 heterocycles. The molecule has 4 rings (SSSR count). The first-order valence-corrected chi connectivity index (χ1v) is 10.4. The molecule has 2 N–H and O–H groups in total. The van der Waals surface area contributed by atoms with Crippen molar-refractivity contribution in [3.05, 3.63) is 52.8 Å². The number of benzene rings is 2. The number of nitrogens with one attached hydrogen (secondary N) is 2. The van der Waals surface area contributed by atoms with Gasteiger partial charge in [0.15, 0.2) is 10.6 Å². The Morgan fingerprint density at radius 1 is 1.26 bits per heavy atom. The monoisotopic (exact) mass is 437 g/mol. The molecule has 1 fully saturated rings. The van der Waals surface area contributed by atoms with Crippen LogP contribution in [0.3, 0.4) is 0 Å². The van der Waals surface area contributed by atoms with Crippen LogP contribution in [0.15, 0.2) is 42.5 Å². The smallest absolute Gasteiger partial charge is 0.244 e. The number of carbonyl (C=O) groups excluding carboxylic acids is 2. The van der Waals surface area contributed by atoms with Gasteiger partial charge in [-0.25, -0.2) is 0 Å². The van der Waals surface area contributed by atoms with E-state index in [2.05, 4.69) is 15.5 Å². The van der Waals surface area contributed by atoms with Crippen molar-refractivity contribution >= 4 is 35.4 Å². The summed E-state index contributed by atoms with van der Waals surface area (Å²) >= 11 is 5.32. The molecule has 2 amide bonds. The van der Waals surface area contributed by atoms with E-state index in [4.69, 9.17) is 17.0 Å². The Bertz CT molecular complexity index is 1180. The lowest BCUT2D eigenvalue weighted by molar-refractivity contribution is -0.117. The molecule has 0 radical (unpaired) electrons. The van der Waals surface area contributed by atoms with E-state index in [-0.39, 0.29) is 18.4 Å². The highest BCUT2D eigenvalue weighted by Crippen LogP contribution is 2.27. The standard InChI is InChI=1S/C22H23N5O3S/c1-14-12-16(7-10-18(14)26-11-3-4-20(26)29)23-19(28)13-27-21(24-25-22(27)31)15-5-8-17(30-2)9-6-15/h5-10,12H,3-4,11,13H2,1-2H3,(H,23,28)(H,25,31). The first-order chi connectivity index (χ1) is 15.0. The molecule has 1 aliphatic rings. The summed E-state index contributed by atoms with van der Waals surface area (Å²) in [5, 5.41) is 9.92. The van der Waals surface area contributed by atoms with Gasteiger partial charge in [0.25, 0.3) is 0 Å². The zero-order valence-electron chi connectivity index (χ0n) is 17.3. The van der Waals surface area contributed by atoms with Crippen LogP contribution in [0.25, 0.3) is 11.4 Å². The number of hydrogen-bond acceptors (Lipinski definition) is 5. The average Bonchev–Trinajstić information content (AvgIpc) is 3.34. The molecule has 1 aliphatic heterocycles. The highest BCUT2D eigenvalue weighted by atomic mass is 32.1. The molecule has 31 heavy (non-hydrogen) atoms. The Morgan fingerprint density at radius 2 is 2.03 bits per heavy atom. The topological polar surface area (TPSA) is 92.2 Å². The van der Waals surface area contributed by atoms with Crippen LogP contribution < -0.4 is 15.0 Å². The lowest BCUT2D eigenvalue weighted by Gasteiger charge is -2.19. The predicted molar refractivity (Wildman–Crippen MR) is 121 cm³/mol. The van der Waals surface area contributed by atoms with Gasteiger partial charge in [0.05, 0.1) is 7.11 Å². The van der Waals surface area contributed by atoms with Crippen molar-refractivity contribution in [2.75, 3.05) is 23.9 Å². The zero-order valence-corrected chi connectivity index (χ0v) is 18.2. The molecule has 0 atom stereocenters. The molecule has 1 aromatic heterocycles. The number of methoxy groups -OCH3 is 1. The quantitative estimate of drug-likeness (QED) is 0.574. The van der Waals surface area contributed by atoms with E-state index in [0.717, 1.165) is 35.5 Å². The second kappa shape index (κ2) is 8.73. The van der Waals surface area contributed by atoms with Crippen LogP contribution in [0.5, 0.6) is 5.75 Å². The second-order valence-corrected chi connectivity index (χ2v) is 7.75. The Kier molecular flexibility index (Phi) is 5.85. The zero-order chi connectivity index (χ0) is 22.0. The highest BCUT2D eigenvalue weighted by Gasteiger charge is 2.23. The molecular formula is C22H23N5O3S. The van der Waals surface area contributed by atoms with E-state index >= 15 is 0 Å². The number of rotatable bonds is 6. The van der Waals surface area contributed by atoms with Crippen LogP contribution >= 0.6 is 12.2 Å². The predicted octanol–water partition coefficient (Wildman–Crippen LogP) is 3.69. The van der Waals surface area contributed by atoms with E-state index in [1.807, 2.05) is 49.4 Å². The molecule has 0 saturated carbocycles. The van der Waals surface area contributed by atoms with Crippen LogP contribution in [0.1, 0.15) is 18.4 Å². The Balaban J connectivity index is 1.49. The van der Waals surface area contributed by atoms with Gasteiger partial charge in [-0.1, -0.05) is 0 Å². The maximum absolute atomic E-state index is 12.7. The molecule has 160 valence electrons. The normalized spacial score (nSPS) is 13.5. The fourth-order valence-corrected chi connectivity index (χ4v) is 3.90. The molecule has 0 aliphatic carbocycles. The van der Waals surface area contributed by atoms with Crippen molar-refractivity contribution in [1.82, 2.24) is 14.8 Å². The number of aryl methyl sites for hydroxylation is 1. The number of carbonyl (C=O) groups is 2. The van der Waals surface area contributed by atoms with Crippen LogP contribution in [0.4, 0.5) is 11.4 Å². The number of anilines is 2. The van der Waals surface area contributed by atoms with Gasteiger partial charge < -0.3 is 15.0 Å². The molecule has 3 aromatic rings. The van der Waals surface area contributed by atoms with Crippen LogP contribution in [0, 0.1) is 11.7 Å². The van der Waals surface area contributed by atoms with Crippen molar-refractivity contribution in [2.45, 2.75) is 26.3 Å². The van der Waals surface area contributed by atoms with Gasteiger partial charge in [-0.2, -0.15) is 5.10 Å². The van der Waals surface area contributed by atoms with Crippen LogP contribution in [0.2, 0.25) is 0 Å². The first kappa shape index (κ1) is 20.8. The molecule has 1 saturated heterocycles. The third-order valence-electron chi connectivity index (χ3n) is 5.25. The fraction of sp³-hybridized carbons (Fsp3) is 0.273. The van der Waals surface area contributed by atoms with E-state index in [1.165, 1.54) is 0 Å². The lowest BCUT2D eigenvalue weighted by atomic mass is 10.1. The van der Waals surface area contributed by atoms with Crippen molar-refractivity contribution in [3.63, 3.8) is 0 Å². The summed E-state index contributed by atoms with van der Waals surface area (Å²) in [7, 11) is 1.60. The molecule has 0 unspecified atom stereocenters. The molecule has 9 heteroatoms. The average molecular weight is 438 g/mol. The maximum atomic E-state index is 12.7. The lowest BCUT2D eigenvalue weighted by Crippen LogP contribution is -2.24. The summed E-state index contributed by atoms with van der Waals surface area (Å²) in [4.78, 5) is 26.5. The number of aromatic amines is 1. The molecule has 8 nitrogen and oxygen atoms in total. The molecule has 2 aromatic carbocycles. The summed E-state index contributed by atoms with van der Waals surface area (Å²) < 4.78 is 7.20. The van der Waals surface area contributed by atoms with Crippen LogP contribution in [-0.2, 0) is 16.1 Å². The van der Waals surface area contributed by atoms with Gasteiger partial charge in [-0.15, -0.1) is 0 Å². The first-order valence-electron chi connectivity index (χ1n) is 9.97. The number of nitrogens with zero attached hydrogens (tertiary/aromatic N) is 3. The van der Waals surface area contributed by atoms with Gasteiger partial charge in [0.2, 0.25) is 11.8 Å². The van der Waals surface area contributed by atoms with Gasteiger partial charge in [-0.3, -0.25) is 19.3 Å². The van der Waals surface area contributed by atoms with E-state index in [1.54, 1.807) is 16.6 Å². The number of amides is 2. The maximum Gasteiger partial charge on any atom is 0.244 e. The number of ether oxygens (including phenoxy) is 1. The van der Waals surface area contributed by atoms with Gasteiger partial charge >= 0.3 is 0 Å². The van der Waals surface area contributed by atoms with Gasteiger partial charge in [-0.05, 0) is 73.6 Å². The van der Waals surface area contributed by atoms with E-state index in [9.17, 15) is 9.59 Å². The van der Waals surface area contributed by atoms with Crippen LogP contribution in [-0.4, -0.2) is 40.2 Å². The van der Waals surface area contributed by atoms with Gasteiger partial charge in [0, 0.05) is 29.9 Å². The molecular weight excluding hydrogens is 414 g/mol. The largest absolute Gasteiger partial charge is 0.497 e. The van der Waals surface area contributed by atoms with Crippen molar-refractivity contribution < 1.29 is 14.3 Å².